The van der Waals surface area contributed by atoms with Gasteiger partial charge in [0, 0.05) is 12.6 Å². The van der Waals surface area contributed by atoms with E-state index in [1.807, 2.05) is 22.6 Å². The van der Waals surface area contributed by atoms with E-state index in [1.54, 1.807) is 23.0 Å². The first-order chi connectivity index (χ1) is 12.6. The minimum Gasteiger partial charge on any atom is -0.454 e. The summed E-state index contributed by atoms with van der Waals surface area (Å²) in [5, 5.41) is 11.4. The van der Waals surface area contributed by atoms with Crippen LogP contribution in [0.5, 0.6) is 11.5 Å². The summed E-state index contributed by atoms with van der Waals surface area (Å²) >= 11 is 1.55. The Morgan fingerprint density at radius 2 is 2.00 bits per heavy atom. The van der Waals surface area contributed by atoms with Crippen molar-refractivity contribution in [1.82, 2.24) is 19.2 Å². The van der Waals surface area contributed by atoms with Gasteiger partial charge < -0.3 is 9.47 Å². The number of ether oxygens (including phenoxy) is 2. The number of nitrogens with zero attached hydrogens (tertiary/aromatic N) is 4. The van der Waals surface area contributed by atoms with Crippen LogP contribution in [0.2, 0.25) is 0 Å². The maximum atomic E-state index is 12.9. The van der Waals surface area contributed by atoms with E-state index in [9.17, 15) is 4.79 Å². The maximum Gasteiger partial charge on any atom is 0.263 e. The Morgan fingerprint density at radius 1 is 1.19 bits per heavy atom. The van der Waals surface area contributed by atoms with E-state index in [0.717, 1.165) is 27.1 Å². The third-order valence-electron chi connectivity index (χ3n) is 4.72. The van der Waals surface area contributed by atoms with Gasteiger partial charge in [0.2, 0.25) is 12.6 Å². The van der Waals surface area contributed by atoms with Crippen molar-refractivity contribution in [3.63, 3.8) is 0 Å². The van der Waals surface area contributed by atoms with Gasteiger partial charge in [0.05, 0.1) is 5.39 Å². The first kappa shape index (κ1) is 15.4. The Kier molecular flexibility index (Phi) is 3.14. The summed E-state index contributed by atoms with van der Waals surface area (Å²) in [7, 11) is 1.73. The molecule has 0 saturated heterocycles. The lowest BCUT2D eigenvalue weighted by Gasteiger charge is -2.08. The number of thiophene rings is 1. The SMILES string of the molecule is CC(C)c1csc2c1c(=O)n(C)c1nnc(-c3ccc4c(c3)OCO4)n21. The molecule has 0 N–H and O–H groups in total. The van der Waals surface area contributed by atoms with Crippen molar-refractivity contribution in [2.24, 2.45) is 7.05 Å². The van der Waals surface area contributed by atoms with Crippen molar-refractivity contribution in [3.05, 3.63) is 39.5 Å². The molecule has 0 amide bonds. The van der Waals surface area contributed by atoms with Crippen LogP contribution in [0.3, 0.4) is 0 Å². The number of hydrogen-bond donors (Lipinski definition) is 0. The Morgan fingerprint density at radius 3 is 2.81 bits per heavy atom. The normalized spacial score (nSPS) is 13.4. The Balaban J connectivity index is 1.87. The third kappa shape index (κ3) is 1.96. The van der Waals surface area contributed by atoms with Crippen molar-refractivity contribution < 1.29 is 9.47 Å². The summed E-state index contributed by atoms with van der Waals surface area (Å²) in [5.74, 6) is 2.87. The van der Waals surface area contributed by atoms with Gasteiger partial charge in [-0.2, -0.15) is 0 Å². The number of aromatic nitrogens is 4. The fourth-order valence-corrected chi connectivity index (χ4v) is 4.55. The van der Waals surface area contributed by atoms with E-state index < -0.39 is 0 Å². The lowest BCUT2D eigenvalue weighted by molar-refractivity contribution is 0.174. The summed E-state index contributed by atoms with van der Waals surface area (Å²) in [6.07, 6.45) is 0. The van der Waals surface area contributed by atoms with Crippen molar-refractivity contribution in [1.29, 1.82) is 0 Å². The maximum absolute atomic E-state index is 12.9. The standard InChI is InChI=1S/C18H16N4O3S/c1-9(2)11-7-26-17-14(11)16(23)21(3)18-20-19-15(22(17)18)10-4-5-12-13(6-10)25-8-24-12/h4-7,9H,8H2,1-3H3. The monoisotopic (exact) mass is 368 g/mol. The number of benzene rings is 1. The number of rotatable bonds is 2. The van der Waals surface area contributed by atoms with E-state index in [1.165, 1.54) is 0 Å². The fourth-order valence-electron chi connectivity index (χ4n) is 3.33. The van der Waals surface area contributed by atoms with E-state index in [2.05, 4.69) is 29.4 Å². The van der Waals surface area contributed by atoms with Crippen molar-refractivity contribution in [2.75, 3.05) is 6.79 Å². The van der Waals surface area contributed by atoms with E-state index in [4.69, 9.17) is 9.47 Å². The zero-order valence-corrected chi connectivity index (χ0v) is 15.3. The second kappa shape index (κ2) is 5.31. The summed E-state index contributed by atoms with van der Waals surface area (Å²) in [6, 6.07) is 5.69. The number of aryl methyl sites for hydroxylation is 1. The van der Waals surface area contributed by atoms with Gasteiger partial charge in [0.25, 0.3) is 5.56 Å². The molecule has 0 bridgehead atoms. The molecule has 0 fully saturated rings. The highest BCUT2D eigenvalue weighted by Gasteiger charge is 2.22. The third-order valence-corrected chi connectivity index (χ3v) is 5.70. The second-order valence-corrected chi connectivity index (χ2v) is 7.48. The molecule has 26 heavy (non-hydrogen) atoms. The largest absolute Gasteiger partial charge is 0.454 e. The highest BCUT2D eigenvalue weighted by atomic mass is 32.1. The molecule has 7 nitrogen and oxygen atoms in total. The van der Waals surface area contributed by atoms with Gasteiger partial charge in [-0.3, -0.25) is 13.8 Å². The number of fused-ring (bicyclic) bond motifs is 4. The van der Waals surface area contributed by atoms with Gasteiger partial charge in [-0.05, 0) is 35.1 Å². The van der Waals surface area contributed by atoms with Crippen LogP contribution in [0.25, 0.3) is 27.4 Å². The van der Waals surface area contributed by atoms with Gasteiger partial charge in [-0.1, -0.05) is 13.8 Å². The quantitative estimate of drug-likeness (QED) is 0.543. The van der Waals surface area contributed by atoms with Crippen LogP contribution in [-0.2, 0) is 7.05 Å². The first-order valence-corrected chi connectivity index (χ1v) is 9.19. The average Bonchev–Trinajstić information content (AvgIpc) is 3.34. The Labute approximate surface area is 152 Å². The highest BCUT2D eigenvalue weighted by molar-refractivity contribution is 7.17. The van der Waals surface area contributed by atoms with Gasteiger partial charge in [0.15, 0.2) is 17.3 Å². The Bertz CT molecular complexity index is 1230. The minimum absolute atomic E-state index is 0.0397. The van der Waals surface area contributed by atoms with E-state index in [-0.39, 0.29) is 18.3 Å². The summed E-state index contributed by atoms with van der Waals surface area (Å²) in [4.78, 5) is 13.7. The molecule has 8 heteroatoms. The van der Waals surface area contributed by atoms with Gasteiger partial charge >= 0.3 is 0 Å². The molecule has 0 unspecified atom stereocenters. The van der Waals surface area contributed by atoms with Gasteiger partial charge in [0.1, 0.15) is 4.83 Å². The van der Waals surface area contributed by atoms with Crippen LogP contribution in [-0.4, -0.2) is 26.0 Å². The molecular formula is C18H16N4O3S. The predicted octanol–water partition coefficient (Wildman–Crippen LogP) is 3.16. The summed E-state index contributed by atoms with van der Waals surface area (Å²) in [6.45, 7) is 4.41. The minimum atomic E-state index is -0.0397. The lowest BCUT2D eigenvalue weighted by Crippen LogP contribution is -2.20. The van der Waals surface area contributed by atoms with Crippen LogP contribution in [0.4, 0.5) is 0 Å². The first-order valence-electron chi connectivity index (χ1n) is 8.31. The molecule has 0 atom stereocenters. The van der Waals surface area contributed by atoms with E-state index >= 15 is 0 Å². The molecular weight excluding hydrogens is 352 g/mol. The zero-order chi connectivity index (χ0) is 18.0. The van der Waals surface area contributed by atoms with Gasteiger partial charge in [-0.15, -0.1) is 21.5 Å². The molecule has 3 aromatic heterocycles. The lowest BCUT2D eigenvalue weighted by atomic mass is 10.0. The topological polar surface area (TPSA) is 70.7 Å². The molecule has 4 heterocycles. The molecule has 0 saturated carbocycles. The molecule has 0 aliphatic carbocycles. The van der Waals surface area contributed by atoms with Crippen LogP contribution in [0, 0.1) is 0 Å². The van der Waals surface area contributed by atoms with Crippen LogP contribution in [0.15, 0.2) is 28.4 Å². The van der Waals surface area contributed by atoms with Crippen molar-refractivity contribution in [3.8, 4) is 22.9 Å². The predicted molar refractivity (Wildman–Crippen MR) is 99.3 cm³/mol. The summed E-state index contributed by atoms with van der Waals surface area (Å²) in [5.41, 5.74) is 1.88. The Hall–Kier alpha value is -2.87. The molecule has 1 aliphatic heterocycles. The highest BCUT2D eigenvalue weighted by Crippen LogP contribution is 2.37. The van der Waals surface area contributed by atoms with Crippen molar-refractivity contribution >= 4 is 27.3 Å². The molecule has 1 aromatic carbocycles. The molecule has 4 aromatic rings. The fraction of sp³-hybridized carbons (Fsp3) is 0.278. The molecule has 0 radical (unpaired) electrons. The van der Waals surface area contributed by atoms with E-state index in [0.29, 0.717) is 17.4 Å². The molecule has 5 rings (SSSR count). The van der Waals surface area contributed by atoms with Gasteiger partial charge in [-0.25, -0.2) is 0 Å². The van der Waals surface area contributed by atoms with Crippen LogP contribution >= 0.6 is 11.3 Å². The zero-order valence-electron chi connectivity index (χ0n) is 14.5. The number of hydrogen-bond acceptors (Lipinski definition) is 6. The van der Waals surface area contributed by atoms with Crippen LogP contribution < -0.4 is 15.0 Å². The molecule has 0 spiro atoms. The summed E-state index contributed by atoms with van der Waals surface area (Å²) < 4.78 is 14.4. The molecule has 132 valence electrons. The molecule has 1 aliphatic rings. The smallest absolute Gasteiger partial charge is 0.263 e. The van der Waals surface area contributed by atoms with Crippen LogP contribution in [0.1, 0.15) is 25.3 Å². The second-order valence-electron chi connectivity index (χ2n) is 6.62. The average molecular weight is 368 g/mol. The van der Waals surface area contributed by atoms with Crippen molar-refractivity contribution in [2.45, 2.75) is 19.8 Å².